The van der Waals surface area contributed by atoms with E-state index in [0.29, 0.717) is 11.7 Å². The number of Topliss-reactive ketones (excluding diaryl/α,β-unsaturated/α-hetero) is 1. The first-order valence-electron chi connectivity index (χ1n) is 6.77. The zero-order valence-corrected chi connectivity index (χ0v) is 10.5. The highest BCUT2D eigenvalue weighted by Crippen LogP contribution is 2.51. The Morgan fingerprint density at radius 1 is 1.24 bits per heavy atom. The van der Waals surface area contributed by atoms with E-state index in [2.05, 4.69) is 37.3 Å². The Bertz CT molecular complexity index is 422. The predicted molar refractivity (Wildman–Crippen MR) is 68.9 cm³/mol. The second kappa shape index (κ2) is 3.97. The third kappa shape index (κ3) is 1.82. The van der Waals surface area contributed by atoms with E-state index in [-0.39, 0.29) is 5.41 Å². The van der Waals surface area contributed by atoms with Gasteiger partial charge in [-0.3, -0.25) is 4.79 Å². The molecule has 0 aromatic heterocycles. The van der Waals surface area contributed by atoms with Crippen molar-refractivity contribution in [2.75, 3.05) is 0 Å². The largest absolute Gasteiger partial charge is 0.299 e. The Morgan fingerprint density at radius 3 is 2.76 bits per heavy atom. The number of carbonyl (C=O) groups excluding carboxylic acids is 1. The monoisotopic (exact) mass is 228 g/mol. The normalized spacial score (nSPS) is 36.9. The summed E-state index contributed by atoms with van der Waals surface area (Å²) in [4.78, 5) is 12.3. The molecule has 1 nitrogen and oxygen atoms in total. The lowest BCUT2D eigenvalue weighted by Gasteiger charge is -2.45. The minimum absolute atomic E-state index is 0.00813. The highest BCUT2D eigenvalue weighted by atomic mass is 16.1. The van der Waals surface area contributed by atoms with Gasteiger partial charge in [-0.2, -0.15) is 0 Å². The van der Waals surface area contributed by atoms with Gasteiger partial charge in [0.15, 0.2) is 0 Å². The SMILES string of the molecule is CC12CCCC(C1)C(c1ccccc1)CC2=O. The first-order valence-corrected chi connectivity index (χ1v) is 6.77. The van der Waals surface area contributed by atoms with E-state index in [4.69, 9.17) is 0 Å². The van der Waals surface area contributed by atoms with Crippen molar-refractivity contribution in [3.05, 3.63) is 35.9 Å². The van der Waals surface area contributed by atoms with Crippen molar-refractivity contribution in [1.29, 1.82) is 0 Å². The molecule has 3 atom stereocenters. The quantitative estimate of drug-likeness (QED) is 0.711. The number of carbonyl (C=O) groups is 1. The van der Waals surface area contributed by atoms with Crippen LogP contribution < -0.4 is 0 Å². The Balaban J connectivity index is 1.91. The van der Waals surface area contributed by atoms with Crippen molar-refractivity contribution in [2.24, 2.45) is 11.3 Å². The van der Waals surface area contributed by atoms with Crippen LogP contribution in [0.3, 0.4) is 0 Å². The van der Waals surface area contributed by atoms with Gasteiger partial charge >= 0.3 is 0 Å². The molecular weight excluding hydrogens is 208 g/mol. The summed E-state index contributed by atoms with van der Waals surface area (Å²) < 4.78 is 0. The van der Waals surface area contributed by atoms with Gasteiger partial charge in [-0.1, -0.05) is 43.7 Å². The van der Waals surface area contributed by atoms with E-state index in [0.717, 1.165) is 25.2 Å². The molecule has 0 amide bonds. The lowest BCUT2D eigenvalue weighted by Crippen LogP contribution is -2.41. The fourth-order valence-corrected chi connectivity index (χ4v) is 3.84. The van der Waals surface area contributed by atoms with Gasteiger partial charge in [-0.25, -0.2) is 0 Å². The predicted octanol–water partition coefficient (Wildman–Crippen LogP) is 3.94. The maximum absolute atomic E-state index is 12.3. The highest BCUT2D eigenvalue weighted by Gasteiger charge is 2.46. The van der Waals surface area contributed by atoms with Gasteiger partial charge in [0.05, 0.1) is 0 Å². The molecule has 0 N–H and O–H groups in total. The van der Waals surface area contributed by atoms with Crippen LogP contribution in [0, 0.1) is 11.3 Å². The average molecular weight is 228 g/mol. The molecule has 3 rings (SSSR count). The number of hydrogen-bond donors (Lipinski definition) is 0. The van der Waals surface area contributed by atoms with Crippen molar-refractivity contribution >= 4 is 5.78 Å². The van der Waals surface area contributed by atoms with Gasteiger partial charge in [0.1, 0.15) is 5.78 Å². The summed E-state index contributed by atoms with van der Waals surface area (Å²) in [7, 11) is 0. The molecule has 2 bridgehead atoms. The van der Waals surface area contributed by atoms with Crippen LogP contribution in [0.1, 0.15) is 50.5 Å². The van der Waals surface area contributed by atoms with Crippen LogP contribution in [0.15, 0.2) is 30.3 Å². The summed E-state index contributed by atoms with van der Waals surface area (Å²) in [6.07, 6.45) is 5.54. The van der Waals surface area contributed by atoms with Gasteiger partial charge in [-0.15, -0.1) is 0 Å². The average Bonchev–Trinajstić information content (AvgIpc) is 2.35. The van der Waals surface area contributed by atoms with Gasteiger partial charge in [0.25, 0.3) is 0 Å². The zero-order chi connectivity index (χ0) is 11.9. The van der Waals surface area contributed by atoms with E-state index < -0.39 is 0 Å². The molecule has 90 valence electrons. The Morgan fingerprint density at radius 2 is 2.00 bits per heavy atom. The Labute approximate surface area is 103 Å². The minimum atomic E-state index is 0.00813. The van der Waals surface area contributed by atoms with Crippen molar-refractivity contribution in [3.8, 4) is 0 Å². The Kier molecular flexibility index (Phi) is 2.57. The highest BCUT2D eigenvalue weighted by molar-refractivity contribution is 5.86. The third-order valence-electron chi connectivity index (χ3n) is 4.89. The van der Waals surface area contributed by atoms with E-state index >= 15 is 0 Å². The van der Waals surface area contributed by atoms with E-state index in [9.17, 15) is 4.79 Å². The number of hydrogen-bond acceptors (Lipinski definition) is 1. The van der Waals surface area contributed by atoms with Crippen molar-refractivity contribution in [3.63, 3.8) is 0 Å². The first kappa shape index (κ1) is 11.0. The van der Waals surface area contributed by atoms with Gasteiger partial charge in [-0.05, 0) is 36.7 Å². The van der Waals surface area contributed by atoms with Crippen LogP contribution in [-0.2, 0) is 4.79 Å². The van der Waals surface area contributed by atoms with Gasteiger partial charge in [0.2, 0.25) is 0 Å². The smallest absolute Gasteiger partial charge is 0.139 e. The summed E-state index contributed by atoms with van der Waals surface area (Å²) >= 11 is 0. The molecule has 17 heavy (non-hydrogen) atoms. The summed E-state index contributed by atoms with van der Waals surface area (Å²) in [5.74, 6) is 1.72. The number of rotatable bonds is 1. The van der Waals surface area contributed by atoms with E-state index in [1.54, 1.807) is 0 Å². The van der Waals surface area contributed by atoms with Gasteiger partial charge < -0.3 is 0 Å². The van der Waals surface area contributed by atoms with Crippen LogP contribution in [0.5, 0.6) is 0 Å². The van der Waals surface area contributed by atoms with Crippen LogP contribution in [0.2, 0.25) is 0 Å². The van der Waals surface area contributed by atoms with Gasteiger partial charge in [0, 0.05) is 11.8 Å². The molecule has 1 aromatic rings. The molecule has 1 aromatic carbocycles. The molecular formula is C16H20O. The van der Waals surface area contributed by atoms with Crippen LogP contribution >= 0.6 is 0 Å². The third-order valence-corrected chi connectivity index (χ3v) is 4.89. The number of benzene rings is 1. The summed E-state index contributed by atoms with van der Waals surface area (Å²) in [5, 5.41) is 0. The Hall–Kier alpha value is -1.11. The van der Waals surface area contributed by atoms with Crippen molar-refractivity contribution in [1.82, 2.24) is 0 Å². The summed E-state index contributed by atoms with van der Waals surface area (Å²) in [5.41, 5.74) is 1.38. The second-order valence-electron chi connectivity index (χ2n) is 6.06. The molecule has 0 spiro atoms. The summed E-state index contributed by atoms with van der Waals surface area (Å²) in [6.45, 7) is 2.18. The molecule has 0 saturated heterocycles. The molecule has 2 aliphatic rings. The van der Waals surface area contributed by atoms with Crippen LogP contribution in [0.4, 0.5) is 0 Å². The molecule has 2 saturated carbocycles. The molecule has 0 aliphatic heterocycles. The lowest BCUT2D eigenvalue weighted by atomic mass is 9.57. The zero-order valence-electron chi connectivity index (χ0n) is 10.5. The van der Waals surface area contributed by atoms with Crippen molar-refractivity contribution < 1.29 is 4.79 Å². The second-order valence-corrected chi connectivity index (χ2v) is 6.06. The standard InChI is InChI=1S/C16H20O/c1-16-9-5-8-13(11-16)14(10-15(16)17)12-6-3-2-4-7-12/h2-4,6-7,13-14H,5,8-11H2,1H3. The first-order chi connectivity index (χ1) is 8.19. The molecule has 2 fully saturated rings. The maximum Gasteiger partial charge on any atom is 0.139 e. The number of fused-ring (bicyclic) bond motifs is 2. The van der Waals surface area contributed by atoms with Crippen LogP contribution in [-0.4, -0.2) is 5.78 Å². The van der Waals surface area contributed by atoms with Crippen molar-refractivity contribution in [2.45, 2.75) is 44.9 Å². The minimum Gasteiger partial charge on any atom is -0.299 e. The topological polar surface area (TPSA) is 17.1 Å². The summed E-state index contributed by atoms with van der Waals surface area (Å²) in [6, 6.07) is 10.6. The van der Waals surface area contributed by atoms with E-state index in [1.807, 2.05) is 0 Å². The molecule has 3 unspecified atom stereocenters. The fourth-order valence-electron chi connectivity index (χ4n) is 3.84. The number of ketones is 1. The molecule has 1 heteroatoms. The molecule has 2 aliphatic carbocycles. The molecule has 0 heterocycles. The molecule has 0 radical (unpaired) electrons. The fraction of sp³-hybridized carbons (Fsp3) is 0.562. The van der Waals surface area contributed by atoms with Crippen LogP contribution in [0.25, 0.3) is 0 Å². The maximum atomic E-state index is 12.3. The lowest BCUT2D eigenvalue weighted by molar-refractivity contribution is -0.135. The van der Waals surface area contributed by atoms with E-state index in [1.165, 1.54) is 18.4 Å².